The number of anilines is 3. The second-order valence-electron chi connectivity index (χ2n) is 11.6. The van der Waals surface area contributed by atoms with Crippen molar-refractivity contribution in [2.75, 3.05) is 16.8 Å². The first-order valence-corrected chi connectivity index (χ1v) is 13.0. The van der Waals surface area contributed by atoms with Gasteiger partial charge in [0.15, 0.2) is 0 Å². The molecule has 0 N–H and O–H groups in total. The van der Waals surface area contributed by atoms with Gasteiger partial charge in [0, 0.05) is 17.6 Å². The van der Waals surface area contributed by atoms with Crippen molar-refractivity contribution in [2.24, 2.45) is 5.41 Å². The Bertz CT molecular complexity index is 1340. The predicted molar refractivity (Wildman–Crippen MR) is 155 cm³/mol. The van der Waals surface area contributed by atoms with Crippen LogP contribution in [0.5, 0.6) is 0 Å². The molecule has 0 amide bonds. The van der Waals surface area contributed by atoms with Gasteiger partial charge in [-0.3, -0.25) is 0 Å². The van der Waals surface area contributed by atoms with Gasteiger partial charge in [-0.2, -0.15) is 37.0 Å². The van der Waals surface area contributed by atoms with Crippen molar-refractivity contribution in [1.82, 2.24) is 4.98 Å². The number of fused-ring (bicyclic) bond motifs is 2. The first-order chi connectivity index (χ1) is 17.6. The van der Waals surface area contributed by atoms with Crippen LogP contribution >= 0.6 is 0 Å². The topological polar surface area (TPSA) is 19.4 Å². The molecule has 1 aliphatic carbocycles. The molecule has 4 aromatic rings. The van der Waals surface area contributed by atoms with E-state index >= 15 is 0 Å². The number of pyridine rings is 1. The number of hydrogen-bond acceptors (Lipinski definition) is 3. The van der Waals surface area contributed by atoms with Gasteiger partial charge in [0.1, 0.15) is 0 Å². The van der Waals surface area contributed by atoms with Crippen LogP contribution in [-0.4, -0.2) is 12.0 Å². The Kier molecular flexibility index (Phi) is 7.62. The molecule has 0 radical (unpaired) electrons. The van der Waals surface area contributed by atoms with E-state index in [2.05, 4.69) is 106 Å². The molecule has 0 fully saturated rings. The third kappa shape index (κ3) is 4.48. The molecule has 2 aliphatic rings. The second-order valence-corrected chi connectivity index (χ2v) is 11.6. The zero-order chi connectivity index (χ0) is 26.4. The van der Waals surface area contributed by atoms with Crippen molar-refractivity contribution < 1.29 is 20.1 Å². The summed E-state index contributed by atoms with van der Waals surface area (Å²) < 4.78 is 0. The minimum Gasteiger partial charge on any atom is -0.504 e. The maximum absolute atomic E-state index is 4.22. The standard InChI is InChI=1S/C23H28N2.C11H8N.Ir/c1-21(2)17-13-19-20(14-18(17)22(3,4)23(21,5)6)25(15-24(19)7)16-11-9-8-10-12-16;1-2-6-10(7-3-1)11-8-4-5-9-12-11;/h8-11,13-15H,1-7H3;1-6,8-9H;/q-2;-1;+3. The van der Waals surface area contributed by atoms with Gasteiger partial charge in [0.25, 0.3) is 0 Å². The fraction of sp³-hybridized carbons (Fsp3) is 0.294. The Morgan fingerprint density at radius 3 is 1.89 bits per heavy atom. The first-order valence-electron chi connectivity index (χ1n) is 13.0. The first kappa shape index (κ1) is 28.1. The van der Waals surface area contributed by atoms with Crippen molar-refractivity contribution >= 4 is 17.1 Å². The van der Waals surface area contributed by atoms with Crippen LogP contribution in [0.2, 0.25) is 0 Å². The van der Waals surface area contributed by atoms with Crippen molar-refractivity contribution in [3.05, 3.63) is 115 Å². The van der Waals surface area contributed by atoms with Gasteiger partial charge in [-0.25, -0.2) is 0 Å². The summed E-state index contributed by atoms with van der Waals surface area (Å²) in [6.45, 7) is 16.6. The molecular formula is C34H36IrN3. The van der Waals surface area contributed by atoms with Crippen LogP contribution in [0.15, 0.2) is 85.1 Å². The Balaban J connectivity index is 0.000000218. The Hall–Kier alpha value is -2.94. The molecule has 0 saturated carbocycles. The van der Waals surface area contributed by atoms with E-state index in [1.165, 1.54) is 22.5 Å². The number of nitrogens with zero attached hydrogens (tertiary/aromatic N) is 3. The summed E-state index contributed by atoms with van der Waals surface area (Å²) >= 11 is 0. The fourth-order valence-electron chi connectivity index (χ4n) is 5.64. The molecule has 6 rings (SSSR count). The molecule has 2 heterocycles. The van der Waals surface area contributed by atoms with Crippen molar-refractivity contribution in [3.8, 4) is 11.3 Å². The predicted octanol–water partition coefficient (Wildman–Crippen LogP) is 8.34. The monoisotopic (exact) mass is 679 g/mol. The Morgan fingerprint density at radius 1 is 0.737 bits per heavy atom. The SMILES string of the molecule is CN1[CH-]N(c2[c-]cccc2)c2cc3c(cc21)C(C)(C)C(C)(C)C3(C)C.[Ir+3].[c-]1ccccc1-c1ccccn1. The normalized spacial score (nSPS) is 17.6. The van der Waals surface area contributed by atoms with E-state index in [-0.39, 0.29) is 36.4 Å². The van der Waals surface area contributed by atoms with E-state index in [0.29, 0.717) is 0 Å². The molecule has 3 aromatic carbocycles. The van der Waals surface area contributed by atoms with E-state index in [0.717, 1.165) is 16.9 Å². The Labute approximate surface area is 242 Å². The van der Waals surface area contributed by atoms with Gasteiger partial charge in [0.2, 0.25) is 0 Å². The molecule has 0 spiro atoms. The van der Waals surface area contributed by atoms with Gasteiger partial charge in [0.05, 0.1) is 0 Å². The second kappa shape index (κ2) is 10.3. The Morgan fingerprint density at radius 2 is 1.34 bits per heavy atom. The number of para-hydroxylation sites is 1. The summed E-state index contributed by atoms with van der Waals surface area (Å²) in [6.07, 6.45) is 1.79. The maximum atomic E-state index is 4.22. The molecule has 0 unspecified atom stereocenters. The largest absolute Gasteiger partial charge is 3.00 e. The van der Waals surface area contributed by atoms with Crippen LogP contribution in [0.1, 0.15) is 52.7 Å². The minimum atomic E-state index is 0. The zero-order valence-electron chi connectivity index (χ0n) is 23.3. The average Bonchev–Trinajstić information content (AvgIpc) is 3.29. The molecule has 3 nitrogen and oxygen atoms in total. The summed E-state index contributed by atoms with van der Waals surface area (Å²) in [5.41, 5.74) is 9.03. The van der Waals surface area contributed by atoms with E-state index in [9.17, 15) is 0 Å². The smallest absolute Gasteiger partial charge is 0.504 e. The third-order valence-electron chi connectivity index (χ3n) is 9.12. The summed E-state index contributed by atoms with van der Waals surface area (Å²) in [4.78, 5) is 8.70. The van der Waals surface area contributed by atoms with Gasteiger partial charge < -0.3 is 14.8 Å². The number of aromatic nitrogens is 1. The van der Waals surface area contributed by atoms with E-state index in [1.807, 2.05) is 54.6 Å². The molecule has 0 saturated heterocycles. The summed E-state index contributed by atoms with van der Waals surface area (Å²) in [6, 6.07) is 33.2. The van der Waals surface area contributed by atoms with Gasteiger partial charge in [-0.15, -0.1) is 41.6 Å². The molecule has 1 aliphatic heterocycles. The number of hydrogen-bond donors (Lipinski definition) is 0. The zero-order valence-corrected chi connectivity index (χ0v) is 25.7. The molecule has 0 atom stereocenters. The third-order valence-corrected chi connectivity index (χ3v) is 9.12. The molecule has 1 aromatic heterocycles. The van der Waals surface area contributed by atoms with Crippen molar-refractivity contribution in [1.29, 1.82) is 0 Å². The van der Waals surface area contributed by atoms with E-state index in [4.69, 9.17) is 0 Å². The van der Waals surface area contributed by atoms with Crippen LogP contribution in [0, 0.1) is 24.2 Å². The van der Waals surface area contributed by atoms with Gasteiger partial charge in [-0.1, -0.05) is 53.7 Å². The molecule has 196 valence electrons. The van der Waals surface area contributed by atoms with Gasteiger partial charge in [-0.05, 0) is 58.3 Å². The van der Waals surface area contributed by atoms with E-state index in [1.54, 1.807) is 6.20 Å². The summed E-state index contributed by atoms with van der Waals surface area (Å²) in [7, 11) is 2.13. The summed E-state index contributed by atoms with van der Waals surface area (Å²) in [5.74, 6) is 0. The van der Waals surface area contributed by atoms with Crippen LogP contribution in [0.4, 0.5) is 17.1 Å². The van der Waals surface area contributed by atoms with Crippen molar-refractivity contribution in [2.45, 2.75) is 52.4 Å². The molecule has 4 heteroatoms. The van der Waals surface area contributed by atoms with Crippen molar-refractivity contribution in [3.63, 3.8) is 0 Å². The fourth-order valence-corrected chi connectivity index (χ4v) is 5.64. The van der Waals surface area contributed by atoms with Gasteiger partial charge >= 0.3 is 20.1 Å². The minimum absolute atomic E-state index is 0. The number of rotatable bonds is 2. The van der Waals surface area contributed by atoms with Crippen LogP contribution in [-0.2, 0) is 30.9 Å². The van der Waals surface area contributed by atoms with E-state index < -0.39 is 0 Å². The average molecular weight is 679 g/mol. The van der Waals surface area contributed by atoms with Crippen LogP contribution < -0.4 is 9.80 Å². The van der Waals surface area contributed by atoms with Crippen LogP contribution in [0.25, 0.3) is 11.3 Å². The molecular weight excluding hydrogens is 643 g/mol. The quantitative estimate of drug-likeness (QED) is 0.199. The van der Waals surface area contributed by atoms with Crippen LogP contribution in [0.3, 0.4) is 0 Å². The molecule has 0 bridgehead atoms. The summed E-state index contributed by atoms with van der Waals surface area (Å²) in [5, 5.41) is 0. The number of benzene rings is 3. The molecule has 38 heavy (non-hydrogen) atoms. The maximum Gasteiger partial charge on any atom is 3.00 e.